The number of nitrogens with one attached hydrogen (secondary N) is 4. The van der Waals surface area contributed by atoms with Crippen molar-refractivity contribution in [3.05, 3.63) is 72.1 Å². The Balaban J connectivity index is 1.19. The van der Waals surface area contributed by atoms with Crippen LogP contribution < -0.4 is 10.6 Å². The molecule has 4 atom stereocenters. The first-order valence-electron chi connectivity index (χ1n) is 19.7. The summed E-state index contributed by atoms with van der Waals surface area (Å²) in [5.41, 5.74) is 6.93. The minimum Gasteiger partial charge on any atom is -0.465 e. The quantitative estimate of drug-likeness (QED) is 0.105. The van der Waals surface area contributed by atoms with Crippen LogP contribution in [0.3, 0.4) is 0 Å². The minimum absolute atomic E-state index is 0.113. The third-order valence-corrected chi connectivity index (χ3v) is 10.9. The number of hydrogen-bond acceptors (Lipinski definition) is 8. The average Bonchev–Trinajstić information content (AvgIpc) is 4.01. The van der Waals surface area contributed by atoms with E-state index < -0.39 is 24.3 Å². The summed E-state index contributed by atoms with van der Waals surface area (Å²) in [5.74, 6) is 0.716. The van der Waals surface area contributed by atoms with E-state index in [2.05, 4.69) is 68.0 Å². The van der Waals surface area contributed by atoms with Gasteiger partial charge in [-0.15, -0.1) is 0 Å². The van der Waals surface area contributed by atoms with Gasteiger partial charge < -0.3 is 45.1 Å². The molecule has 0 spiro atoms. The van der Waals surface area contributed by atoms with Gasteiger partial charge in [-0.3, -0.25) is 9.59 Å². The number of methoxy groups -OCH3 is 1. The van der Waals surface area contributed by atoms with E-state index in [1.807, 2.05) is 41.8 Å². The second kappa shape index (κ2) is 17.6. The van der Waals surface area contributed by atoms with Crippen LogP contribution in [0, 0.1) is 11.8 Å². The summed E-state index contributed by atoms with van der Waals surface area (Å²) in [6, 6.07) is 12.7. The highest BCUT2D eigenvalue weighted by molar-refractivity contribution is 5.87. The molecule has 1 unspecified atom stereocenters. The molecular weight excluding hydrogens is 727 g/mol. The maximum Gasteiger partial charge on any atom is 0.407 e. The fraction of sp³-hybridized carbons (Fsp3) is 0.476. The lowest BCUT2D eigenvalue weighted by molar-refractivity contribution is -0.136. The number of nitrogens with zero attached hydrogens (tertiary/aromatic N) is 5. The molecule has 0 saturated carbocycles. The smallest absolute Gasteiger partial charge is 0.407 e. The third kappa shape index (κ3) is 9.14. The van der Waals surface area contributed by atoms with Crippen LogP contribution in [0.1, 0.15) is 82.7 Å². The fourth-order valence-electron chi connectivity index (χ4n) is 7.98. The Bertz CT molecular complexity index is 2060. The van der Waals surface area contributed by atoms with Crippen molar-refractivity contribution < 1.29 is 29.0 Å². The van der Waals surface area contributed by atoms with E-state index in [0.717, 1.165) is 64.9 Å². The molecule has 57 heavy (non-hydrogen) atoms. The molecule has 0 aliphatic carbocycles. The van der Waals surface area contributed by atoms with Gasteiger partial charge in [-0.1, -0.05) is 64.1 Å². The maximum atomic E-state index is 13.6. The van der Waals surface area contributed by atoms with Crippen molar-refractivity contribution in [2.24, 2.45) is 11.8 Å². The molecule has 4 heterocycles. The fourth-order valence-corrected chi connectivity index (χ4v) is 7.98. The van der Waals surface area contributed by atoms with Gasteiger partial charge in [0.25, 0.3) is 0 Å². The zero-order valence-corrected chi connectivity index (χ0v) is 33.8. The monoisotopic (exact) mass is 781 g/mol. The van der Waals surface area contributed by atoms with E-state index in [-0.39, 0.29) is 35.7 Å². The molecule has 15 nitrogen and oxygen atoms in total. The first-order chi connectivity index (χ1) is 27.2. The Morgan fingerprint density at radius 3 is 1.77 bits per heavy atom. The van der Waals surface area contributed by atoms with Gasteiger partial charge in [-0.05, 0) is 85.5 Å². The van der Waals surface area contributed by atoms with Gasteiger partial charge >= 0.3 is 12.2 Å². The number of carboxylic acid groups (broad SMARTS) is 1. The lowest BCUT2D eigenvalue weighted by atomic mass is 9.95. The highest BCUT2D eigenvalue weighted by Crippen LogP contribution is 2.36. The molecule has 2 saturated heterocycles. The van der Waals surface area contributed by atoms with Gasteiger partial charge in [0.15, 0.2) is 0 Å². The van der Waals surface area contributed by atoms with Crippen molar-refractivity contribution in [1.82, 2.24) is 45.3 Å². The SMILES string of the molecule is COC(=O)N[C@H](C(=O)N1CCCC1c1ncc(-c2ccc(-c3ccc(-c4cnc([C@@H]5CCCN5C(=O)[C@@H](NC(=O)O)C(C)C)[nH]4)cc3CN(C)C)cc2)[nH]1)C(C)C. The molecule has 2 aromatic carbocycles. The van der Waals surface area contributed by atoms with Crippen molar-refractivity contribution >= 4 is 24.0 Å². The zero-order chi connectivity index (χ0) is 41.0. The summed E-state index contributed by atoms with van der Waals surface area (Å²) in [4.78, 5) is 72.5. The second-order valence-electron chi connectivity index (χ2n) is 16.0. The van der Waals surface area contributed by atoms with Crippen molar-refractivity contribution in [2.45, 2.75) is 84.1 Å². The summed E-state index contributed by atoms with van der Waals surface area (Å²) in [7, 11) is 5.36. The van der Waals surface area contributed by atoms with Crippen LogP contribution in [-0.2, 0) is 20.9 Å². The summed E-state index contributed by atoms with van der Waals surface area (Å²) >= 11 is 0. The van der Waals surface area contributed by atoms with Crippen LogP contribution in [0.2, 0.25) is 0 Å². The first-order valence-corrected chi connectivity index (χ1v) is 19.7. The van der Waals surface area contributed by atoms with Crippen molar-refractivity contribution in [1.29, 1.82) is 0 Å². The lowest BCUT2D eigenvalue weighted by Gasteiger charge is -2.30. The van der Waals surface area contributed by atoms with Gasteiger partial charge in [-0.25, -0.2) is 19.6 Å². The third-order valence-electron chi connectivity index (χ3n) is 10.9. The Labute approximate surface area is 333 Å². The number of carbonyl (C=O) groups is 4. The minimum atomic E-state index is -1.21. The average molecular weight is 782 g/mol. The van der Waals surface area contributed by atoms with E-state index in [0.29, 0.717) is 31.3 Å². The predicted molar refractivity (Wildman–Crippen MR) is 216 cm³/mol. The highest BCUT2D eigenvalue weighted by atomic mass is 16.5. The number of aromatic nitrogens is 4. The molecule has 4 amide bonds. The van der Waals surface area contributed by atoms with Crippen molar-refractivity contribution in [3.63, 3.8) is 0 Å². The van der Waals surface area contributed by atoms with Crippen LogP contribution in [0.25, 0.3) is 33.6 Å². The van der Waals surface area contributed by atoms with E-state index in [9.17, 15) is 24.3 Å². The molecule has 2 aliphatic heterocycles. The number of amides is 4. The number of hydrogen-bond donors (Lipinski definition) is 5. The molecule has 15 heteroatoms. The van der Waals surface area contributed by atoms with E-state index in [1.165, 1.54) is 7.11 Å². The number of aromatic amines is 2. The molecule has 0 radical (unpaired) electrons. The van der Waals surface area contributed by atoms with Crippen LogP contribution in [0.15, 0.2) is 54.9 Å². The molecule has 304 valence electrons. The van der Waals surface area contributed by atoms with E-state index in [4.69, 9.17) is 14.7 Å². The number of alkyl carbamates (subject to hydrolysis) is 1. The molecule has 2 fully saturated rings. The number of likely N-dealkylation sites (tertiary alicyclic amines) is 2. The molecule has 2 aromatic heterocycles. The first kappa shape index (κ1) is 40.9. The molecule has 2 aliphatic rings. The predicted octanol–water partition coefficient (Wildman–Crippen LogP) is 6.20. The normalized spacial score (nSPS) is 18.0. The Morgan fingerprint density at radius 1 is 0.789 bits per heavy atom. The van der Waals surface area contributed by atoms with Crippen LogP contribution in [-0.4, -0.2) is 110 Å². The van der Waals surface area contributed by atoms with Gasteiger partial charge in [-0.2, -0.15) is 0 Å². The van der Waals surface area contributed by atoms with Crippen LogP contribution >= 0.6 is 0 Å². The Kier molecular flexibility index (Phi) is 12.7. The summed E-state index contributed by atoms with van der Waals surface area (Å²) in [6.45, 7) is 9.30. The molecule has 5 N–H and O–H groups in total. The summed E-state index contributed by atoms with van der Waals surface area (Å²) < 4.78 is 4.77. The molecule has 6 rings (SSSR count). The summed E-state index contributed by atoms with van der Waals surface area (Å²) in [5, 5.41) is 14.4. The second-order valence-corrected chi connectivity index (χ2v) is 16.0. The van der Waals surface area contributed by atoms with Crippen LogP contribution in [0.5, 0.6) is 0 Å². The topological polar surface area (TPSA) is 189 Å². The summed E-state index contributed by atoms with van der Waals surface area (Å²) in [6.07, 6.45) is 4.93. The van der Waals surface area contributed by atoms with Gasteiger partial charge in [0.1, 0.15) is 23.7 Å². The van der Waals surface area contributed by atoms with Gasteiger partial charge in [0.05, 0.1) is 43.0 Å². The highest BCUT2D eigenvalue weighted by Gasteiger charge is 2.39. The number of ether oxygens (including phenoxy) is 1. The number of imidazole rings is 2. The van der Waals surface area contributed by atoms with E-state index >= 15 is 0 Å². The van der Waals surface area contributed by atoms with Gasteiger partial charge in [0.2, 0.25) is 11.8 Å². The number of benzene rings is 2. The zero-order valence-electron chi connectivity index (χ0n) is 33.8. The Morgan fingerprint density at radius 2 is 1.28 bits per heavy atom. The standard InChI is InChI=1S/C42H55N9O6/c1-24(2)35(47-41(54)55)39(52)50-18-8-11-34(50)38-44-22-32(46-38)28-16-17-30(29(20-28)23-49(5)6)26-12-14-27(15-13-26)31-21-43-37(45-31)33-10-9-19-51(33)40(53)36(25(3)4)48-42(56)57-7/h12-17,20-22,24-25,33-36,47H,8-11,18-19,23H2,1-7H3,(H,43,45)(H,44,46)(H,48,56)(H,54,55)/t33?,34-,35-,36-/m0/s1. The number of rotatable bonds is 13. The maximum absolute atomic E-state index is 13.6. The number of carbonyl (C=O) groups excluding carboxylic acids is 3. The molecule has 4 aromatic rings. The molecule has 0 bridgehead atoms. The van der Waals surface area contributed by atoms with Crippen LogP contribution in [0.4, 0.5) is 9.59 Å². The largest absolute Gasteiger partial charge is 0.465 e. The molecular formula is C42H55N9O6. The Hall–Kier alpha value is -5.70. The van der Waals surface area contributed by atoms with E-state index in [1.54, 1.807) is 22.2 Å². The lowest BCUT2D eigenvalue weighted by Crippen LogP contribution is -2.51. The van der Waals surface area contributed by atoms with Gasteiger partial charge in [0, 0.05) is 19.6 Å². The van der Waals surface area contributed by atoms with Crippen molar-refractivity contribution in [3.8, 4) is 33.6 Å². The van der Waals surface area contributed by atoms with Crippen molar-refractivity contribution in [2.75, 3.05) is 34.3 Å². The number of H-pyrrole nitrogens is 2.